The van der Waals surface area contributed by atoms with Crippen LogP contribution in [-0.4, -0.2) is 13.1 Å². The molecule has 0 heterocycles. The fraction of sp³-hybridized carbons (Fsp3) is 0.700. The Morgan fingerprint density at radius 3 is 2.57 bits per heavy atom. The molecule has 0 aliphatic heterocycles. The number of hydrogen-bond donors (Lipinski definition) is 1. The van der Waals surface area contributed by atoms with Crippen LogP contribution >= 0.6 is 0 Å². The predicted octanol–water partition coefficient (Wildman–Crippen LogP) is 4.52. The van der Waals surface area contributed by atoms with Gasteiger partial charge in [0.2, 0.25) is 0 Å². The van der Waals surface area contributed by atoms with Gasteiger partial charge in [-0.15, -0.1) is 0 Å². The number of aryl methyl sites for hydroxylation is 2. The van der Waals surface area contributed by atoms with Crippen LogP contribution in [-0.2, 0) is 19.3 Å². The first-order valence-corrected chi connectivity index (χ1v) is 9.08. The highest BCUT2D eigenvalue weighted by Gasteiger charge is 2.26. The summed E-state index contributed by atoms with van der Waals surface area (Å²) in [6, 6.07) is 7.93. The lowest BCUT2D eigenvalue weighted by Gasteiger charge is -2.33. The molecule has 1 N–H and O–H groups in total. The maximum absolute atomic E-state index is 3.62. The third-order valence-electron chi connectivity index (χ3n) is 6.03. The first-order valence-electron chi connectivity index (χ1n) is 9.08. The van der Waals surface area contributed by atoms with Crippen molar-refractivity contribution in [3.8, 4) is 0 Å². The second-order valence-electron chi connectivity index (χ2n) is 7.24. The molecule has 1 fully saturated rings. The molecule has 3 rings (SSSR count). The lowest BCUT2D eigenvalue weighted by molar-refractivity contribution is 0.222. The van der Waals surface area contributed by atoms with Gasteiger partial charge < -0.3 is 5.32 Å². The van der Waals surface area contributed by atoms with Crippen LogP contribution in [0.1, 0.15) is 62.1 Å². The van der Waals surface area contributed by atoms with E-state index in [2.05, 4.69) is 37.5 Å². The van der Waals surface area contributed by atoms with Crippen molar-refractivity contribution in [2.45, 2.75) is 70.8 Å². The van der Waals surface area contributed by atoms with Gasteiger partial charge in [-0.1, -0.05) is 44.4 Å². The van der Waals surface area contributed by atoms with E-state index in [1.807, 2.05) is 0 Å². The molecule has 21 heavy (non-hydrogen) atoms. The first kappa shape index (κ1) is 15.1. The smallest absolute Gasteiger partial charge is 0.0133 e. The second kappa shape index (κ2) is 6.96. The third kappa shape index (κ3) is 3.51. The van der Waals surface area contributed by atoms with Crippen LogP contribution < -0.4 is 5.32 Å². The van der Waals surface area contributed by atoms with Gasteiger partial charge in [-0.25, -0.2) is 0 Å². The molecule has 0 radical (unpaired) electrons. The third-order valence-corrected chi connectivity index (χ3v) is 6.03. The molecule has 0 spiro atoms. The number of hydrogen-bond acceptors (Lipinski definition) is 1. The van der Waals surface area contributed by atoms with Crippen LogP contribution in [0.2, 0.25) is 0 Å². The summed E-state index contributed by atoms with van der Waals surface area (Å²) in [6.07, 6.45) is 12.3. The molecule has 2 aliphatic carbocycles. The molecule has 1 saturated carbocycles. The normalized spacial score (nSPS) is 26.6. The van der Waals surface area contributed by atoms with Crippen molar-refractivity contribution in [3.05, 3.63) is 34.9 Å². The van der Waals surface area contributed by atoms with Crippen LogP contribution in [0, 0.1) is 11.8 Å². The molecule has 2 aliphatic rings. The Labute approximate surface area is 130 Å². The Morgan fingerprint density at radius 2 is 1.86 bits per heavy atom. The summed E-state index contributed by atoms with van der Waals surface area (Å²) in [5, 5.41) is 3.62. The Kier molecular flexibility index (Phi) is 5.00. The monoisotopic (exact) mass is 285 g/mol. The van der Waals surface area contributed by atoms with Crippen molar-refractivity contribution in [1.82, 2.24) is 5.32 Å². The van der Waals surface area contributed by atoms with Gasteiger partial charge in [-0.3, -0.25) is 0 Å². The van der Waals surface area contributed by atoms with E-state index in [0.29, 0.717) is 6.04 Å². The summed E-state index contributed by atoms with van der Waals surface area (Å²) in [4.78, 5) is 0. The topological polar surface area (TPSA) is 12.0 Å². The van der Waals surface area contributed by atoms with Gasteiger partial charge in [-0.2, -0.15) is 0 Å². The Balaban J connectivity index is 1.62. The Hall–Kier alpha value is -0.820. The molecule has 0 bridgehead atoms. The van der Waals surface area contributed by atoms with Gasteiger partial charge in [0.05, 0.1) is 0 Å². The number of nitrogens with one attached hydrogen (secondary N) is 1. The zero-order valence-corrected chi connectivity index (χ0v) is 13.8. The fourth-order valence-electron chi connectivity index (χ4n) is 4.51. The van der Waals surface area contributed by atoms with Crippen LogP contribution in [0.5, 0.6) is 0 Å². The number of likely N-dealkylation sites (N-methyl/N-ethyl adjacent to an activating group) is 1. The van der Waals surface area contributed by atoms with E-state index in [1.165, 1.54) is 57.8 Å². The molecule has 1 unspecified atom stereocenters. The summed E-state index contributed by atoms with van der Waals surface area (Å²) in [7, 11) is 2.16. The minimum atomic E-state index is 0.669. The zero-order chi connectivity index (χ0) is 14.7. The molecule has 1 nitrogen and oxygen atoms in total. The van der Waals surface area contributed by atoms with Crippen LogP contribution in [0.4, 0.5) is 0 Å². The highest BCUT2D eigenvalue weighted by atomic mass is 14.9. The molecule has 1 heteroatoms. The standard InChI is InChI=1S/C20H31N/c1-3-15-7-11-18(12-8-15)20(21-2)14-16-9-10-17-5-4-6-19(17)13-16/h9-10,13,15,18,20-21H,3-8,11-12,14H2,1-2H3. The molecule has 0 aromatic heterocycles. The van der Waals surface area contributed by atoms with Crippen molar-refractivity contribution < 1.29 is 0 Å². The predicted molar refractivity (Wildman–Crippen MR) is 90.8 cm³/mol. The number of benzene rings is 1. The summed E-state index contributed by atoms with van der Waals surface area (Å²) in [5.41, 5.74) is 4.77. The SMILES string of the molecule is CCC1CCC(C(Cc2ccc3c(c2)CCC3)NC)CC1. The van der Waals surface area contributed by atoms with E-state index in [9.17, 15) is 0 Å². The second-order valence-corrected chi connectivity index (χ2v) is 7.24. The average Bonchev–Trinajstić information content (AvgIpc) is 3.00. The molecule has 1 aromatic rings. The van der Waals surface area contributed by atoms with Gasteiger partial charge in [-0.05, 0) is 74.1 Å². The van der Waals surface area contributed by atoms with Crippen molar-refractivity contribution in [2.75, 3.05) is 7.05 Å². The van der Waals surface area contributed by atoms with Crippen LogP contribution in [0.3, 0.4) is 0 Å². The van der Waals surface area contributed by atoms with E-state index in [4.69, 9.17) is 0 Å². The Morgan fingerprint density at radius 1 is 1.10 bits per heavy atom. The van der Waals surface area contributed by atoms with E-state index < -0.39 is 0 Å². The van der Waals surface area contributed by atoms with Crippen molar-refractivity contribution in [1.29, 1.82) is 0 Å². The van der Waals surface area contributed by atoms with E-state index in [-0.39, 0.29) is 0 Å². The highest BCUT2D eigenvalue weighted by Crippen LogP contribution is 2.33. The minimum Gasteiger partial charge on any atom is -0.316 e. The maximum atomic E-state index is 3.62. The Bertz CT molecular complexity index is 457. The largest absolute Gasteiger partial charge is 0.316 e. The molecule has 1 atom stereocenters. The zero-order valence-electron chi connectivity index (χ0n) is 13.8. The summed E-state index contributed by atoms with van der Waals surface area (Å²) >= 11 is 0. The summed E-state index contributed by atoms with van der Waals surface area (Å²) < 4.78 is 0. The molecule has 1 aromatic carbocycles. The maximum Gasteiger partial charge on any atom is 0.0133 e. The number of rotatable bonds is 5. The lowest BCUT2D eigenvalue weighted by Crippen LogP contribution is -2.37. The van der Waals surface area contributed by atoms with Crippen molar-refractivity contribution >= 4 is 0 Å². The van der Waals surface area contributed by atoms with Crippen molar-refractivity contribution in [3.63, 3.8) is 0 Å². The quantitative estimate of drug-likeness (QED) is 0.838. The first-order chi connectivity index (χ1) is 10.3. The van der Waals surface area contributed by atoms with Crippen LogP contribution in [0.15, 0.2) is 18.2 Å². The van der Waals surface area contributed by atoms with Crippen molar-refractivity contribution in [2.24, 2.45) is 11.8 Å². The molecule has 0 amide bonds. The molecular weight excluding hydrogens is 254 g/mol. The lowest BCUT2D eigenvalue weighted by atomic mass is 9.76. The van der Waals surface area contributed by atoms with Gasteiger partial charge >= 0.3 is 0 Å². The van der Waals surface area contributed by atoms with Crippen LogP contribution in [0.25, 0.3) is 0 Å². The van der Waals surface area contributed by atoms with E-state index in [1.54, 1.807) is 16.7 Å². The summed E-state index contributed by atoms with van der Waals surface area (Å²) in [6.45, 7) is 2.35. The van der Waals surface area contributed by atoms with E-state index in [0.717, 1.165) is 11.8 Å². The van der Waals surface area contributed by atoms with Gasteiger partial charge in [0, 0.05) is 6.04 Å². The summed E-state index contributed by atoms with van der Waals surface area (Å²) in [5.74, 6) is 1.88. The minimum absolute atomic E-state index is 0.669. The van der Waals surface area contributed by atoms with Gasteiger partial charge in [0.15, 0.2) is 0 Å². The number of fused-ring (bicyclic) bond motifs is 1. The molecule has 116 valence electrons. The fourth-order valence-corrected chi connectivity index (χ4v) is 4.51. The average molecular weight is 285 g/mol. The van der Waals surface area contributed by atoms with Gasteiger partial charge in [0.25, 0.3) is 0 Å². The van der Waals surface area contributed by atoms with E-state index >= 15 is 0 Å². The molecule has 0 saturated heterocycles. The highest BCUT2D eigenvalue weighted by molar-refractivity contribution is 5.35. The molecular formula is C20H31N. The van der Waals surface area contributed by atoms with Gasteiger partial charge in [0.1, 0.15) is 0 Å².